The Morgan fingerprint density at radius 1 is 1.60 bits per heavy atom. The van der Waals surface area contributed by atoms with Gasteiger partial charge in [-0.15, -0.1) is 0 Å². The molecule has 1 rings (SSSR count). The first-order valence-corrected chi connectivity index (χ1v) is 6.18. The van der Waals surface area contributed by atoms with Gasteiger partial charge in [0.1, 0.15) is 11.6 Å². The molecule has 0 heterocycles. The van der Waals surface area contributed by atoms with Crippen molar-refractivity contribution >= 4 is 29.2 Å². The number of nitrogen functional groups attached to an aromatic ring is 1. The van der Waals surface area contributed by atoms with Crippen LogP contribution >= 0.6 is 23.4 Å². The van der Waals surface area contributed by atoms with Crippen molar-refractivity contribution in [2.24, 2.45) is 5.73 Å². The molecule has 0 unspecified atom stereocenters. The van der Waals surface area contributed by atoms with Crippen LogP contribution in [0, 0.1) is 5.41 Å². The molecule has 5 heteroatoms. The molecule has 0 aliphatic rings. The van der Waals surface area contributed by atoms with E-state index in [4.69, 9.17) is 27.5 Å². The molecule has 3 N–H and O–H groups in total. The highest BCUT2D eigenvalue weighted by molar-refractivity contribution is 7.98. The van der Waals surface area contributed by atoms with Crippen molar-refractivity contribution in [2.75, 3.05) is 18.6 Å². The number of amidine groups is 1. The summed E-state index contributed by atoms with van der Waals surface area (Å²) in [5.74, 6) is 1.56. The zero-order valence-electron chi connectivity index (χ0n) is 8.42. The van der Waals surface area contributed by atoms with E-state index >= 15 is 0 Å². The average molecular weight is 245 g/mol. The van der Waals surface area contributed by atoms with E-state index in [-0.39, 0.29) is 5.84 Å². The topological polar surface area (TPSA) is 59.1 Å². The summed E-state index contributed by atoms with van der Waals surface area (Å²) in [6.45, 7) is 0.625. The minimum Gasteiger partial charge on any atom is -0.491 e. The second-order valence-corrected chi connectivity index (χ2v) is 4.29. The van der Waals surface area contributed by atoms with E-state index in [9.17, 15) is 0 Å². The minimum absolute atomic E-state index is 0.00700. The first kappa shape index (κ1) is 12.2. The summed E-state index contributed by atoms with van der Waals surface area (Å²) in [6, 6.07) is 5.10. The maximum Gasteiger partial charge on any atom is 0.137 e. The molecule has 0 saturated heterocycles. The van der Waals surface area contributed by atoms with Gasteiger partial charge in [-0.05, 0) is 24.5 Å². The molecule has 0 saturated carbocycles. The average Bonchev–Trinajstić information content (AvgIpc) is 2.20. The fourth-order valence-electron chi connectivity index (χ4n) is 1.02. The Kier molecular flexibility index (Phi) is 4.78. The highest BCUT2D eigenvalue weighted by atomic mass is 35.5. The number of ether oxygens (including phenoxy) is 1. The second kappa shape index (κ2) is 5.88. The summed E-state index contributed by atoms with van der Waals surface area (Å²) < 4.78 is 5.45. The van der Waals surface area contributed by atoms with Crippen LogP contribution in [0.4, 0.5) is 0 Å². The smallest absolute Gasteiger partial charge is 0.137 e. The Balaban J connectivity index is 2.70. The number of rotatable bonds is 5. The van der Waals surface area contributed by atoms with Crippen LogP contribution in [0.1, 0.15) is 5.56 Å². The van der Waals surface area contributed by atoms with Crippen LogP contribution in [0.5, 0.6) is 5.75 Å². The van der Waals surface area contributed by atoms with Gasteiger partial charge < -0.3 is 10.5 Å². The van der Waals surface area contributed by atoms with E-state index in [1.165, 1.54) is 0 Å². The van der Waals surface area contributed by atoms with Crippen LogP contribution in [0.3, 0.4) is 0 Å². The number of thioether (sulfide) groups is 1. The Morgan fingerprint density at radius 3 is 2.87 bits per heavy atom. The second-order valence-electron chi connectivity index (χ2n) is 2.90. The third-order valence-electron chi connectivity index (χ3n) is 1.79. The van der Waals surface area contributed by atoms with Crippen LogP contribution in [-0.4, -0.2) is 24.5 Å². The summed E-state index contributed by atoms with van der Waals surface area (Å²) in [5.41, 5.74) is 5.94. The van der Waals surface area contributed by atoms with Gasteiger partial charge in [0, 0.05) is 11.3 Å². The zero-order valence-corrected chi connectivity index (χ0v) is 9.99. The van der Waals surface area contributed by atoms with Gasteiger partial charge in [0.15, 0.2) is 0 Å². The van der Waals surface area contributed by atoms with Crippen LogP contribution in [0.15, 0.2) is 18.2 Å². The quantitative estimate of drug-likeness (QED) is 0.475. The van der Waals surface area contributed by atoms with Crippen molar-refractivity contribution in [3.05, 3.63) is 28.8 Å². The van der Waals surface area contributed by atoms with E-state index in [1.807, 2.05) is 6.26 Å². The van der Waals surface area contributed by atoms with E-state index in [1.54, 1.807) is 30.0 Å². The molecule has 0 aliphatic carbocycles. The lowest BCUT2D eigenvalue weighted by atomic mass is 10.2. The Morgan fingerprint density at radius 2 is 2.33 bits per heavy atom. The number of hydrogen-bond donors (Lipinski definition) is 2. The molecule has 0 radical (unpaired) electrons. The van der Waals surface area contributed by atoms with Crippen molar-refractivity contribution in [1.82, 2.24) is 0 Å². The normalized spacial score (nSPS) is 10.0. The van der Waals surface area contributed by atoms with Gasteiger partial charge in [0.2, 0.25) is 0 Å². The van der Waals surface area contributed by atoms with Crippen LogP contribution < -0.4 is 10.5 Å². The molecule has 3 nitrogen and oxygen atoms in total. The minimum atomic E-state index is 0.00700. The summed E-state index contributed by atoms with van der Waals surface area (Å²) in [6.07, 6.45) is 2.02. The van der Waals surface area contributed by atoms with Gasteiger partial charge in [-0.3, -0.25) is 5.41 Å². The molecule has 1 aromatic carbocycles. The van der Waals surface area contributed by atoms with Crippen molar-refractivity contribution in [1.29, 1.82) is 5.41 Å². The molecule has 0 atom stereocenters. The van der Waals surface area contributed by atoms with Gasteiger partial charge in [0.25, 0.3) is 0 Å². The maximum absolute atomic E-state index is 7.25. The first-order valence-electron chi connectivity index (χ1n) is 4.41. The fraction of sp³-hybridized carbons (Fsp3) is 0.300. The van der Waals surface area contributed by atoms with Crippen LogP contribution in [-0.2, 0) is 0 Å². The predicted molar refractivity (Wildman–Crippen MR) is 66.3 cm³/mol. The summed E-state index contributed by atoms with van der Waals surface area (Å²) in [7, 11) is 0. The number of halogens is 1. The zero-order chi connectivity index (χ0) is 11.3. The number of nitrogens with one attached hydrogen (secondary N) is 1. The molecular weight excluding hydrogens is 232 g/mol. The van der Waals surface area contributed by atoms with Gasteiger partial charge >= 0.3 is 0 Å². The molecule has 0 aliphatic heterocycles. The molecule has 0 amide bonds. The SMILES string of the molecule is CSCCOc1ccc(C(=N)N)cc1Cl. The predicted octanol–water partition coefficient (Wildman–Crippen LogP) is 2.37. The van der Waals surface area contributed by atoms with Crippen molar-refractivity contribution in [3.63, 3.8) is 0 Å². The lowest BCUT2D eigenvalue weighted by molar-refractivity contribution is 0.344. The van der Waals surface area contributed by atoms with Crippen molar-refractivity contribution in [2.45, 2.75) is 0 Å². The molecule has 1 aromatic rings. The molecule has 0 aromatic heterocycles. The lowest BCUT2D eigenvalue weighted by Crippen LogP contribution is -2.11. The van der Waals surface area contributed by atoms with E-state index in [0.717, 1.165) is 5.75 Å². The molecule has 0 spiro atoms. The highest BCUT2D eigenvalue weighted by Gasteiger charge is 2.04. The molecule has 15 heavy (non-hydrogen) atoms. The number of benzene rings is 1. The Bertz CT molecular complexity index is 357. The van der Waals surface area contributed by atoms with Crippen molar-refractivity contribution < 1.29 is 4.74 Å². The maximum atomic E-state index is 7.25. The van der Waals surface area contributed by atoms with E-state index in [2.05, 4.69) is 0 Å². The standard InChI is InChI=1S/C10H13ClN2OS/c1-15-5-4-14-9-3-2-7(10(12)13)6-8(9)11/h2-3,6H,4-5H2,1H3,(H3,12,13). The van der Waals surface area contributed by atoms with Gasteiger partial charge in [-0.25, -0.2) is 0 Å². The fourth-order valence-corrected chi connectivity index (χ4v) is 1.51. The summed E-state index contributed by atoms with van der Waals surface area (Å²) in [4.78, 5) is 0. The molecule has 0 fully saturated rings. The van der Waals surface area contributed by atoms with Gasteiger partial charge in [0.05, 0.1) is 11.6 Å². The summed E-state index contributed by atoms with van der Waals surface area (Å²) >= 11 is 7.68. The number of hydrogen-bond acceptors (Lipinski definition) is 3. The van der Waals surface area contributed by atoms with Gasteiger partial charge in [-0.2, -0.15) is 11.8 Å². The third-order valence-corrected chi connectivity index (χ3v) is 2.66. The lowest BCUT2D eigenvalue weighted by Gasteiger charge is -2.08. The third kappa shape index (κ3) is 3.64. The molecular formula is C10H13ClN2OS. The number of nitrogens with two attached hydrogens (primary N) is 1. The largest absolute Gasteiger partial charge is 0.491 e. The van der Waals surface area contributed by atoms with Crippen LogP contribution in [0.25, 0.3) is 0 Å². The molecule has 0 bridgehead atoms. The van der Waals surface area contributed by atoms with Gasteiger partial charge in [-0.1, -0.05) is 11.6 Å². The molecule has 82 valence electrons. The van der Waals surface area contributed by atoms with Crippen molar-refractivity contribution in [3.8, 4) is 5.75 Å². The summed E-state index contributed by atoms with van der Waals surface area (Å²) in [5, 5.41) is 7.74. The first-order chi connectivity index (χ1) is 7.15. The van der Waals surface area contributed by atoms with E-state index < -0.39 is 0 Å². The Labute approximate surface area is 98.5 Å². The monoisotopic (exact) mass is 244 g/mol. The van der Waals surface area contributed by atoms with E-state index in [0.29, 0.717) is 22.9 Å². The Hall–Kier alpha value is -0.870. The highest BCUT2D eigenvalue weighted by Crippen LogP contribution is 2.25. The van der Waals surface area contributed by atoms with Crippen LogP contribution in [0.2, 0.25) is 5.02 Å².